The van der Waals surface area contributed by atoms with E-state index in [1.54, 1.807) is 30.3 Å². The summed E-state index contributed by atoms with van der Waals surface area (Å²) in [5.74, 6) is -0.429. The van der Waals surface area contributed by atoms with E-state index in [4.69, 9.17) is 16.3 Å². The second-order valence-electron chi connectivity index (χ2n) is 10.6. The number of likely N-dealkylation sites (N-methyl/N-ethyl adjacent to an activating group) is 2. The number of hydrogen-bond acceptors (Lipinski definition) is 6. The molecule has 0 bridgehead atoms. The van der Waals surface area contributed by atoms with Gasteiger partial charge in [0.2, 0.25) is 17.7 Å². The van der Waals surface area contributed by atoms with Gasteiger partial charge in [-0.05, 0) is 55.4 Å². The molecule has 8 nitrogen and oxygen atoms in total. The highest BCUT2D eigenvalue weighted by molar-refractivity contribution is 7.15. The average molecular weight is 577 g/mol. The molecule has 1 aliphatic heterocycles. The van der Waals surface area contributed by atoms with Gasteiger partial charge in [0.25, 0.3) is 0 Å². The van der Waals surface area contributed by atoms with Gasteiger partial charge in [0.15, 0.2) is 0 Å². The Kier molecular flexibility index (Phi) is 11.8. The summed E-state index contributed by atoms with van der Waals surface area (Å²) in [6.45, 7) is 7.39. The Morgan fingerprint density at radius 1 is 1.13 bits per heavy atom. The van der Waals surface area contributed by atoms with Gasteiger partial charge in [-0.1, -0.05) is 37.9 Å². The first kappa shape index (κ1) is 31.0. The van der Waals surface area contributed by atoms with Crippen molar-refractivity contribution in [1.29, 1.82) is 0 Å². The fraction of sp³-hybridized carbons (Fsp3) is 0.586. The minimum Gasteiger partial charge on any atom is -0.380 e. The van der Waals surface area contributed by atoms with E-state index in [-0.39, 0.29) is 30.1 Å². The van der Waals surface area contributed by atoms with Crippen LogP contribution in [0, 0.1) is 12.8 Å². The van der Waals surface area contributed by atoms with Crippen LogP contribution in [0.5, 0.6) is 0 Å². The van der Waals surface area contributed by atoms with Crippen LogP contribution in [0.2, 0.25) is 5.02 Å². The smallest absolute Gasteiger partial charge is 0.245 e. The summed E-state index contributed by atoms with van der Waals surface area (Å²) in [7, 11) is 3.39. The molecule has 1 aromatic carbocycles. The molecular formula is C29H41ClN4O4S. The quantitative estimate of drug-likeness (QED) is 0.556. The minimum absolute atomic E-state index is 0.145. The Balaban J connectivity index is 1.99. The summed E-state index contributed by atoms with van der Waals surface area (Å²) < 4.78 is 5.74. The topological polar surface area (TPSA) is 91.8 Å². The van der Waals surface area contributed by atoms with Gasteiger partial charge in [-0.15, -0.1) is 11.3 Å². The summed E-state index contributed by atoms with van der Waals surface area (Å²) in [4.78, 5) is 49.0. The molecule has 3 rings (SSSR count). The minimum atomic E-state index is -0.798. The molecule has 2 heterocycles. The monoisotopic (exact) mass is 576 g/mol. The first-order valence-electron chi connectivity index (χ1n) is 13.7. The zero-order chi connectivity index (χ0) is 28.5. The molecule has 1 aliphatic rings. The molecule has 0 aliphatic carbocycles. The number of halogens is 1. The predicted octanol–water partition coefficient (Wildman–Crippen LogP) is 4.72. The Morgan fingerprint density at radius 3 is 2.59 bits per heavy atom. The zero-order valence-corrected chi connectivity index (χ0v) is 25.2. The van der Waals surface area contributed by atoms with Crippen LogP contribution in [-0.2, 0) is 25.5 Å². The maximum atomic E-state index is 13.9. The lowest BCUT2D eigenvalue weighted by atomic mass is 9.96. The summed E-state index contributed by atoms with van der Waals surface area (Å²) in [5, 5.41) is 4.44. The maximum Gasteiger partial charge on any atom is 0.245 e. The standard InChI is InChI=1S/C29H41ClN4O4S/c1-19(2)15-24-28(36)34(5)25(17-21-16-22(30)10-11-23(21)26-18-31-20(3)39-26)29(37)33(4)12-14-38-13-8-6-7-9-27(35)32-24/h10-11,16,18-19,24-25H,6-9,12-15,17H2,1-5H3,(H,32,35)/t24-,25-/m0/s1. The SMILES string of the molecule is Cc1ncc(-c2ccc(Cl)cc2C[C@H]2C(=O)N(C)CCOCCCCCC(=O)N[C@@H](CC(C)C)C(=O)N2C)s1. The number of carbonyl (C=O) groups excluding carboxylic acids is 3. The van der Waals surface area contributed by atoms with Crippen molar-refractivity contribution in [3.63, 3.8) is 0 Å². The van der Waals surface area contributed by atoms with E-state index in [9.17, 15) is 14.4 Å². The second-order valence-corrected chi connectivity index (χ2v) is 12.3. The van der Waals surface area contributed by atoms with Crippen molar-refractivity contribution in [2.24, 2.45) is 5.92 Å². The fourth-order valence-electron chi connectivity index (χ4n) is 4.75. The molecule has 39 heavy (non-hydrogen) atoms. The van der Waals surface area contributed by atoms with Gasteiger partial charge in [-0.3, -0.25) is 14.4 Å². The molecule has 0 radical (unpaired) electrons. The first-order valence-corrected chi connectivity index (χ1v) is 14.9. The third-order valence-electron chi connectivity index (χ3n) is 6.95. The van der Waals surface area contributed by atoms with E-state index in [1.165, 1.54) is 4.90 Å². The summed E-state index contributed by atoms with van der Waals surface area (Å²) in [5.41, 5.74) is 1.79. The van der Waals surface area contributed by atoms with Crippen LogP contribution in [0.1, 0.15) is 56.5 Å². The third-order valence-corrected chi connectivity index (χ3v) is 8.13. The van der Waals surface area contributed by atoms with Gasteiger partial charge in [-0.25, -0.2) is 4.98 Å². The van der Waals surface area contributed by atoms with Crippen molar-refractivity contribution in [3.05, 3.63) is 40.0 Å². The van der Waals surface area contributed by atoms with E-state index in [1.807, 2.05) is 45.2 Å². The van der Waals surface area contributed by atoms with E-state index in [0.717, 1.165) is 40.3 Å². The van der Waals surface area contributed by atoms with Crippen LogP contribution >= 0.6 is 22.9 Å². The second kappa shape index (κ2) is 14.8. The van der Waals surface area contributed by atoms with Gasteiger partial charge < -0.3 is 19.9 Å². The lowest BCUT2D eigenvalue weighted by molar-refractivity contribution is -0.146. The molecule has 1 fully saturated rings. The fourth-order valence-corrected chi connectivity index (χ4v) is 5.78. The van der Waals surface area contributed by atoms with Crippen LogP contribution in [-0.4, -0.2) is 78.4 Å². The largest absolute Gasteiger partial charge is 0.380 e. The lowest BCUT2D eigenvalue weighted by Crippen LogP contribution is -2.55. The predicted molar refractivity (Wildman–Crippen MR) is 156 cm³/mol. The van der Waals surface area contributed by atoms with Crippen molar-refractivity contribution in [2.75, 3.05) is 33.9 Å². The summed E-state index contributed by atoms with van der Waals surface area (Å²) in [6, 6.07) is 4.11. The van der Waals surface area contributed by atoms with Crippen LogP contribution in [0.3, 0.4) is 0 Å². The molecule has 2 atom stereocenters. The number of ether oxygens (including phenoxy) is 1. The Hall–Kier alpha value is -2.49. The van der Waals surface area contributed by atoms with Crippen molar-refractivity contribution >= 4 is 40.7 Å². The lowest BCUT2D eigenvalue weighted by Gasteiger charge is -2.34. The van der Waals surface area contributed by atoms with E-state index in [0.29, 0.717) is 37.6 Å². The number of amides is 3. The highest BCUT2D eigenvalue weighted by atomic mass is 35.5. The first-order chi connectivity index (χ1) is 18.6. The van der Waals surface area contributed by atoms with Gasteiger partial charge >= 0.3 is 0 Å². The molecule has 0 unspecified atom stereocenters. The number of aromatic nitrogens is 1. The Labute approximate surface area is 241 Å². The number of aryl methyl sites for hydroxylation is 1. The number of rotatable bonds is 5. The number of nitrogens with one attached hydrogen (secondary N) is 1. The van der Waals surface area contributed by atoms with Crippen molar-refractivity contribution < 1.29 is 19.1 Å². The maximum absolute atomic E-state index is 13.9. The van der Waals surface area contributed by atoms with E-state index < -0.39 is 12.1 Å². The number of nitrogens with zero attached hydrogens (tertiary/aromatic N) is 3. The van der Waals surface area contributed by atoms with Crippen LogP contribution < -0.4 is 5.32 Å². The summed E-state index contributed by atoms with van der Waals surface area (Å²) >= 11 is 7.98. The zero-order valence-electron chi connectivity index (χ0n) is 23.7. The van der Waals surface area contributed by atoms with Crippen LogP contribution in [0.25, 0.3) is 10.4 Å². The molecule has 1 aromatic heterocycles. The van der Waals surface area contributed by atoms with Crippen LogP contribution in [0.4, 0.5) is 0 Å². The number of benzene rings is 1. The molecule has 1 saturated heterocycles. The molecule has 10 heteroatoms. The molecule has 3 amide bonds. The van der Waals surface area contributed by atoms with E-state index in [2.05, 4.69) is 10.3 Å². The molecule has 0 saturated carbocycles. The normalized spacial score (nSPS) is 20.9. The number of thiazole rings is 1. The number of hydrogen-bond donors (Lipinski definition) is 1. The summed E-state index contributed by atoms with van der Waals surface area (Å²) in [6.07, 6.45) is 5.39. The van der Waals surface area contributed by atoms with Crippen LogP contribution in [0.15, 0.2) is 24.4 Å². The van der Waals surface area contributed by atoms with Crippen molar-refractivity contribution in [1.82, 2.24) is 20.1 Å². The third kappa shape index (κ3) is 9.01. The Bertz CT molecular complexity index is 1140. The highest BCUT2D eigenvalue weighted by Gasteiger charge is 2.34. The van der Waals surface area contributed by atoms with Gasteiger partial charge in [-0.2, -0.15) is 0 Å². The van der Waals surface area contributed by atoms with Gasteiger partial charge in [0.05, 0.1) is 16.5 Å². The Morgan fingerprint density at radius 2 is 1.90 bits per heavy atom. The average Bonchev–Trinajstić information content (AvgIpc) is 3.32. The highest BCUT2D eigenvalue weighted by Crippen LogP contribution is 2.32. The molecule has 214 valence electrons. The number of carbonyl (C=O) groups is 3. The van der Waals surface area contributed by atoms with E-state index >= 15 is 0 Å². The molecule has 1 N–H and O–H groups in total. The van der Waals surface area contributed by atoms with Gasteiger partial charge in [0.1, 0.15) is 12.1 Å². The van der Waals surface area contributed by atoms with Gasteiger partial charge in [0, 0.05) is 51.3 Å². The molecule has 2 aromatic rings. The van der Waals surface area contributed by atoms with Crippen molar-refractivity contribution in [3.8, 4) is 10.4 Å². The molecular weight excluding hydrogens is 536 g/mol. The van der Waals surface area contributed by atoms with Crippen molar-refractivity contribution in [2.45, 2.75) is 71.4 Å². The molecule has 0 spiro atoms.